The molecule has 0 bridgehead atoms. The Balaban J connectivity index is -0.000000320. The maximum absolute atomic E-state index is 9.63. The predicted octanol–water partition coefficient (Wildman–Crippen LogP) is -0.178. The van der Waals surface area contributed by atoms with E-state index in [-0.39, 0.29) is 24.5 Å². The van der Waals surface area contributed by atoms with Gasteiger partial charge < -0.3 is 19.6 Å². The summed E-state index contributed by atoms with van der Waals surface area (Å²) in [5.74, 6) is 0. The van der Waals surface area contributed by atoms with Gasteiger partial charge in [-0.15, -0.1) is 0 Å². The first-order chi connectivity index (χ1) is 3.71. The summed E-state index contributed by atoms with van der Waals surface area (Å²) in [6, 6.07) is 0. The monoisotopic (exact) mass is 249 g/mol. The third kappa shape index (κ3) is 18.1. The average Bonchev–Trinajstić information content (AvgIpc) is 1.14. The number of rotatable bonds is 2. The Labute approximate surface area is 73.7 Å². The van der Waals surface area contributed by atoms with E-state index < -0.39 is 15.6 Å². The minimum absolute atomic E-state index is 0. The molecule has 0 spiro atoms. The number of hydrogen-bond acceptors (Lipinski definition) is 3. The summed E-state index contributed by atoms with van der Waals surface area (Å²) >= 11 is 0. The van der Waals surface area contributed by atoms with Crippen molar-refractivity contribution in [2.24, 2.45) is 0 Å². The first-order valence-electron chi connectivity index (χ1n) is 1.53. The van der Waals surface area contributed by atoms with Crippen LogP contribution in [0.5, 0.6) is 0 Å². The molecule has 0 aromatic rings. The molecule has 0 aliphatic heterocycles. The zero-order valence-corrected chi connectivity index (χ0v) is 7.26. The molecule has 0 fully saturated rings. The summed E-state index contributed by atoms with van der Waals surface area (Å²) < 4.78 is 22.2. The fourth-order valence-corrected chi connectivity index (χ4v) is 1.25. The van der Waals surface area contributed by atoms with Crippen LogP contribution in [0.1, 0.15) is 7.43 Å². The quantitative estimate of drug-likeness (QED) is 0.395. The van der Waals surface area contributed by atoms with E-state index in [0.29, 0.717) is 0 Å². The van der Waals surface area contributed by atoms with Crippen LogP contribution < -0.4 is 0 Å². The molecule has 0 saturated carbocycles. The first kappa shape index (κ1) is 17.8. The second-order valence-electron chi connectivity index (χ2n) is 1.06. The van der Waals surface area contributed by atoms with Crippen molar-refractivity contribution in [2.75, 3.05) is 0 Å². The second-order valence-corrected chi connectivity index (χ2v) is 3.68. The Kier molecular flexibility index (Phi) is 8.77. The van der Waals surface area contributed by atoms with Gasteiger partial charge in [0.25, 0.3) is 0 Å². The van der Waals surface area contributed by atoms with E-state index in [1.54, 1.807) is 0 Å². The van der Waals surface area contributed by atoms with Crippen LogP contribution in [0.3, 0.4) is 0 Å². The predicted molar refractivity (Wildman–Crippen MR) is 31.9 cm³/mol. The molecule has 0 aromatic carbocycles. The Morgan fingerprint density at radius 2 is 1.09 bits per heavy atom. The molecule has 0 amide bonds. The molecule has 0 heterocycles. The minimum Gasteiger partial charge on any atom is -0.302 e. The molecule has 0 aliphatic carbocycles. The fraction of sp³-hybridized carbons (Fsp3) is 1.00. The van der Waals surface area contributed by atoms with E-state index in [9.17, 15) is 9.13 Å². The van der Waals surface area contributed by atoms with Crippen LogP contribution in [-0.4, -0.2) is 19.6 Å². The summed E-state index contributed by atoms with van der Waals surface area (Å²) in [5.41, 5.74) is 0. The van der Waals surface area contributed by atoms with Crippen LogP contribution in [0.25, 0.3) is 0 Å². The normalized spacial score (nSPS) is 11.3. The third-order valence-electron chi connectivity index (χ3n) is 0.213. The van der Waals surface area contributed by atoms with Crippen LogP contribution in [0.4, 0.5) is 0 Å². The third-order valence-corrected chi connectivity index (χ3v) is 1.91. The molecule has 71 valence electrons. The summed E-state index contributed by atoms with van der Waals surface area (Å²) in [6.07, 6.45) is 0. The molecule has 0 saturated heterocycles. The summed E-state index contributed by atoms with van der Waals surface area (Å²) in [7, 11) is -10.1. The largest absolute Gasteiger partial charge is 0.478 e. The van der Waals surface area contributed by atoms with E-state index in [1.807, 2.05) is 0 Å². The zero-order chi connectivity index (χ0) is 7.71. The Hall–Kier alpha value is 0.779. The van der Waals surface area contributed by atoms with Crippen molar-refractivity contribution in [1.29, 1.82) is 0 Å². The molecule has 10 heteroatoms. The van der Waals surface area contributed by atoms with Gasteiger partial charge in [0.1, 0.15) is 0 Å². The smallest absolute Gasteiger partial charge is 0.302 e. The molecule has 4 N–H and O–H groups in total. The van der Waals surface area contributed by atoms with Gasteiger partial charge in [0.05, 0.1) is 0 Å². The van der Waals surface area contributed by atoms with Gasteiger partial charge in [-0.05, 0) is 0 Å². The van der Waals surface area contributed by atoms with Crippen LogP contribution in [0.15, 0.2) is 0 Å². The van der Waals surface area contributed by atoms with Gasteiger partial charge in [-0.25, -0.2) is 9.13 Å². The van der Waals surface area contributed by atoms with Crippen LogP contribution in [-0.2, 0) is 30.5 Å². The van der Waals surface area contributed by atoms with E-state index in [1.165, 1.54) is 0 Å². The summed E-state index contributed by atoms with van der Waals surface area (Å²) in [4.78, 5) is 31.0. The number of phosphoric acid groups is 2. The van der Waals surface area contributed by atoms with Crippen molar-refractivity contribution in [2.45, 2.75) is 7.43 Å². The SMILES string of the molecule is C.O=P(O)(O)OP(=O)(O)O.[Mn]. The summed E-state index contributed by atoms with van der Waals surface area (Å²) in [6.45, 7) is 0. The molecular weight excluding hydrogens is 241 g/mol. The van der Waals surface area contributed by atoms with E-state index in [0.717, 1.165) is 0 Å². The van der Waals surface area contributed by atoms with Crippen molar-refractivity contribution in [1.82, 2.24) is 0 Å². The molecule has 0 unspecified atom stereocenters. The number of hydrogen-bond donors (Lipinski definition) is 4. The van der Waals surface area contributed by atoms with Gasteiger partial charge in [-0.1, -0.05) is 7.43 Å². The first-order valence-corrected chi connectivity index (χ1v) is 4.59. The van der Waals surface area contributed by atoms with E-state index in [4.69, 9.17) is 19.6 Å². The molecule has 0 aromatic heterocycles. The Bertz CT molecular complexity index is 157. The van der Waals surface area contributed by atoms with Gasteiger partial charge in [0, 0.05) is 17.1 Å². The molecule has 0 atom stereocenters. The van der Waals surface area contributed by atoms with Gasteiger partial charge in [0.15, 0.2) is 0 Å². The van der Waals surface area contributed by atoms with Gasteiger partial charge >= 0.3 is 15.6 Å². The molecule has 0 aliphatic rings. The van der Waals surface area contributed by atoms with Gasteiger partial charge in [-0.3, -0.25) is 0 Å². The average molecular weight is 249 g/mol. The summed E-state index contributed by atoms with van der Waals surface area (Å²) in [5, 5.41) is 0. The standard InChI is InChI=1S/CH4.Mn.H4O7P2/c;;1-8(2,3)7-9(4,5)6/h1H4;;(H2,1,2,3)(H2,4,5,6). The Morgan fingerprint density at radius 1 is 0.909 bits per heavy atom. The van der Waals surface area contributed by atoms with Gasteiger partial charge in [0.2, 0.25) is 0 Å². The van der Waals surface area contributed by atoms with Crippen LogP contribution in [0, 0.1) is 0 Å². The van der Waals surface area contributed by atoms with Gasteiger partial charge in [-0.2, -0.15) is 4.31 Å². The van der Waals surface area contributed by atoms with Crippen LogP contribution in [0.2, 0.25) is 0 Å². The molecule has 7 nitrogen and oxygen atoms in total. The van der Waals surface area contributed by atoms with Crippen molar-refractivity contribution in [3.63, 3.8) is 0 Å². The van der Waals surface area contributed by atoms with E-state index in [2.05, 4.69) is 4.31 Å². The molecule has 1 radical (unpaired) electrons. The van der Waals surface area contributed by atoms with Crippen molar-refractivity contribution < 1.29 is 50.1 Å². The minimum atomic E-state index is -5.05. The van der Waals surface area contributed by atoms with Crippen LogP contribution >= 0.6 is 15.6 Å². The topological polar surface area (TPSA) is 124 Å². The fourth-order valence-electron chi connectivity index (χ4n) is 0.139. The maximum atomic E-state index is 9.63. The van der Waals surface area contributed by atoms with E-state index >= 15 is 0 Å². The van der Waals surface area contributed by atoms with Crippen molar-refractivity contribution in [3.8, 4) is 0 Å². The molecule has 11 heavy (non-hydrogen) atoms. The Morgan fingerprint density at radius 3 is 1.09 bits per heavy atom. The molecule has 0 rings (SSSR count). The second kappa shape index (κ2) is 5.43. The van der Waals surface area contributed by atoms with Crippen molar-refractivity contribution in [3.05, 3.63) is 0 Å². The maximum Gasteiger partial charge on any atom is 0.478 e. The molecular formula is CH8MnO7P2. The van der Waals surface area contributed by atoms with Crippen molar-refractivity contribution >= 4 is 15.6 Å². The zero-order valence-electron chi connectivity index (χ0n) is 4.29.